The quantitative estimate of drug-likeness (QED) is 0.0169. The molecule has 17 nitrogen and oxygen atoms in total. The summed E-state index contributed by atoms with van der Waals surface area (Å²) in [6.45, 7) is 4.16. The molecule has 0 aromatic carbocycles. The molecule has 19 heteroatoms. The molecule has 106 heavy (non-hydrogen) atoms. The van der Waals surface area contributed by atoms with Gasteiger partial charge in [-0.1, -0.05) is 279 Å². The Kier molecular flexibility index (Phi) is 72.2. The van der Waals surface area contributed by atoms with Gasteiger partial charge in [-0.25, -0.2) is 9.13 Å². The third-order valence-corrected chi connectivity index (χ3v) is 17.2. The van der Waals surface area contributed by atoms with E-state index in [-0.39, 0.29) is 25.7 Å². The van der Waals surface area contributed by atoms with Crippen molar-refractivity contribution in [2.45, 2.75) is 277 Å². The van der Waals surface area contributed by atoms with E-state index < -0.39 is 97.5 Å². The average molecular weight is 1520 g/mol. The highest BCUT2D eigenvalue weighted by Gasteiger charge is 2.30. The number of allylic oxidation sites excluding steroid dienone is 33. The highest BCUT2D eigenvalue weighted by molar-refractivity contribution is 7.47. The summed E-state index contributed by atoms with van der Waals surface area (Å²) in [5.74, 6) is -2.45. The summed E-state index contributed by atoms with van der Waals surface area (Å²) in [5, 5.41) is 10.6. The second-order valence-corrected chi connectivity index (χ2v) is 28.0. The molecule has 0 amide bonds. The van der Waals surface area contributed by atoms with Gasteiger partial charge in [-0.3, -0.25) is 37.3 Å². The molecule has 0 aromatic heterocycles. The number of hydrogen-bond donors (Lipinski definition) is 3. The van der Waals surface area contributed by atoms with Crippen LogP contribution >= 0.6 is 15.6 Å². The van der Waals surface area contributed by atoms with E-state index in [4.69, 9.17) is 37.0 Å². The van der Waals surface area contributed by atoms with Crippen molar-refractivity contribution in [3.63, 3.8) is 0 Å². The first kappa shape index (κ1) is 99.6. The SMILES string of the molecule is CC/C=C\C/C=C\C/C=C\C/C=C\C/C=C\CCCC(=O)OCC(COP(=O)(O)OCC(O)COP(=O)(O)OCC(COC(=O)CCCCCC/C=C\C/C=C\C/C=C\C/C=C\CC)OC(=O)CCCCCCCCC/C=C\C/C=C\C/C=C\CC)OC(=O)C/C=C\C/C=C\C/C=C\C/C=C\C/C=C\CC. The topological polar surface area (TPSA) is 237 Å². The van der Waals surface area contributed by atoms with E-state index in [1.807, 2.05) is 24.3 Å². The van der Waals surface area contributed by atoms with Gasteiger partial charge in [0, 0.05) is 19.3 Å². The molecule has 5 unspecified atom stereocenters. The Morgan fingerprint density at radius 1 is 0.274 bits per heavy atom. The minimum atomic E-state index is -5.03. The first-order valence-electron chi connectivity index (χ1n) is 39.3. The second kappa shape index (κ2) is 76.8. The average Bonchev–Trinajstić information content (AvgIpc) is 0.901. The molecule has 0 rings (SSSR count). The van der Waals surface area contributed by atoms with Crippen LogP contribution in [0.2, 0.25) is 0 Å². The third kappa shape index (κ3) is 75.9. The van der Waals surface area contributed by atoms with Gasteiger partial charge in [0.2, 0.25) is 0 Å². The zero-order valence-electron chi connectivity index (χ0n) is 65.0. The predicted octanol–water partition coefficient (Wildman–Crippen LogP) is 23.1. The Morgan fingerprint density at radius 2 is 0.509 bits per heavy atom. The van der Waals surface area contributed by atoms with Crippen molar-refractivity contribution in [2.24, 2.45) is 0 Å². The maximum absolute atomic E-state index is 13.1. The van der Waals surface area contributed by atoms with E-state index in [2.05, 4.69) is 198 Å². The summed E-state index contributed by atoms with van der Waals surface area (Å²) in [6.07, 6.45) is 95.6. The largest absolute Gasteiger partial charge is 0.472 e. The van der Waals surface area contributed by atoms with Gasteiger partial charge in [-0.15, -0.1) is 0 Å². The van der Waals surface area contributed by atoms with Crippen LogP contribution in [-0.4, -0.2) is 96.7 Å². The molecule has 0 radical (unpaired) electrons. The molecule has 0 fully saturated rings. The van der Waals surface area contributed by atoms with Crippen molar-refractivity contribution in [2.75, 3.05) is 39.6 Å². The number of rotatable bonds is 71. The zero-order valence-corrected chi connectivity index (χ0v) is 66.8. The molecule has 5 atom stereocenters. The summed E-state index contributed by atoms with van der Waals surface area (Å²) < 4.78 is 68.4. The number of aliphatic hydroxyl groups excluding tert-OH is 1. The van der Waals surface area contributed by atoms with Crippen LogP contribution in [0.4, 0.5) is 0 Å². The number of phosphoric ester groups is 2. The van der Waals surface area contributed by atoms with Crippen LogP contribution in [0.15, 0.2) is 207 Å². The van der Waals surface area contributed by atoms with Crippen molar-refractivity contribution in [3.05, 3.63) is 207 Å². The van der Waals surface area contributed by atoms with Crippen LogP contribution in [0, 0.1) is 0 Å². The van der Waals surface area contributed by atoms with Crippen LogP contribution in [0.25, 0.3) is 0 Å². The first-order valence-corrected chi connectivity index (χ1v) is 42.3. The van der Waals surface area contributed by atoms with Gasteiger partial charge in [0.25, 0.3) is 0 Å². The molecule has 0 spiro atoms. The Bertz CT molecular complexity index is 2830. The Balaban J connectivity index is 5.54. The smallest absolute Gasteiger partial charge is 0.462 e. The van der Waals surface area contributed by atoms with Gasteiger partial charge < -0.3 is 33.8 Å². The number of carbonyl (C=O) groups is 4. The van der Waals surface area contributed by atoms with Gasteiger partial charge in [0.05, 0.1) is 32.8 Å². The molecule has 0 aromatic rings. The van der Waals surface area contributed by atoms with Gasteiger partial charge in [-0.05, 0) is 161 Å². The molecule has 0 saturated carbocycles. The van der Waals surface area contributed by atoms with E-state index in [0.717, 1.165) is 173 Å². The lowest BCUT2D eigenvalue weighted by atomic mass is 10.1. The normalized spacial score (nSPS) is 15.0. The van der Waals surface area contributed by atoms with Gasteiger partial charge in [0.15, 0.2) is 12.2 Å². The van der Waals surface area contributed by atoms with Crippen LogP contribution in [0.1, 0.15) is 259 Å². The summed E-state index contributed by atoms with van der Waals surface area (Å²) in [5.41, 5.74) is 0. The zero-order chi connectivity index (χ0) is 77.4. The lowest BCUT2D eigenvalue weighted by Crippen LogP contribution is -2.30. The van der Waals surface area contributed by atoms with Crippen molar-refractivity contribution in [3.8, 4) is 0 Å². The molecule has 3 N–H and O–H groups in total. The number of carbonyl (C=O) groups excluding carboxylic acids is 4. The molecule has 0 saturated heterocycles. The minimum absolute atomic E-state index is 0.0546. The molecular formula is C87H136O17P2. The predicted molar refractivity (Wildman–Crippen MR) is 435 cm³/mol. The van der Waals surface area contributed by atoms with Crippen molar-refractivity contribution in [1.29, 1.82) is 0 Å². The highest BCUT2D eigenvalue weighted by Crippen LogP contribution is 2.45. The fourth-order valence-electron chi connectivity index (χ4n) is 9.45. The maximum Gasteiger partial charge on any atom is 0.472 e. The molecule has 0 aliphatic carbocycles. The number of unbranched alkanes of at least 4 members (excludes halogenated alkanes) is 12. The minimum Gasteiger partial charge on any atom is -0.462 e. The van der Waals surface area contributed by atoms with E-state index in [1.54, 1.807) is 12.2 Å². The van der Waals surface area contributed by atoms with Crippen molar-refractivity contribution < 1.29 is 80.2 Å². The van der Waals surface area contributed by atoms with Crippen LogP contribution in [0.3, 0.4) is 0 Å². The molecule has 0 bridgehead atoms. The monoisotopic (exact) mass is 1510 g/mol. The van der Waals surface area contributed by atoms with Crippen molar-refractivity contribution in [1.82, 2.24) is 0 Å². The van der Waals surface area contributed by atoms with Gasteiger partial charge >= 0.3 is 39.5 Å². The lowest BCUT2D eigenvalue weighted by molar-refractivity contribution is -0.161. The Morgan fingerprint density at radius 3 is 0.830 bits per heavy atom. The standard InChI is InChI=1S/C87H136O17P2/c1-5-9-13-17-21-25-29-33-37-40-44-47-51-55-59-63-67-71-84(89)97-77-82(103-86(91)73-69-65-61-57-53-49-43-36-32-28-24-20-16-12-8-4)79-101-105(93,94)99-75-81(88)76-100-106(95,96)102-80-83(104-87(92)74-70-66-62-58-54-50-46-42-39-35-31-27-23-19-15-11-7-3)78-98-85(90)72-68-64-60-56-52-48-45-41-38-34-30-26-22-18-14-10-6-2/h9-16,21-28,33-39,43-45,47-48,53,55,57,59,65,69,81-83,88H,5-8,17-20,29-32,40-42,46,49-52,54,56,58,60-64,66-68,70-80H2,1-4H3,(H,93,94)(H,95,96)/b13-9-,14-10-,15-11-,16-12-,25-21-,26-22-,27-23-,28-24-,37-33-,38-34-,39-35-,43-36-,47-44-,48-45-,57-53-,59-55-,69-65-. The van der Waals surface area contributed by atoms with Gasteiger partial charge in [-0.2, -0.15) is 0 Å². The molecule has 0 aliphatic heterocycles. The summed E-state index contributed by atoms with van der Waals surface area (Å²) >= 11 is 0. The van der Waals surface area contributed by atoms with E-state index in [9.17, 15) is 43.2 Å². The fraction of sp³-hybridized carbons (Fsp3) is 0.563. The Labute approximate surface area is 639 Å². The number of ether oxygens (including phenoxy) is 4. The fourth-order valence-corrected chi connectivity index (χ4v) is 11.0. The number of esters is 4. The first-order chi connectivity index (χ1) is 51.7. The van der Waals surface area contributed by atoms with E-state index in [0.29, 0.717) is 32.1 Å². The summed E-state index contributed by atoms with van der Waals surface area (Å²) in [6, 6.07) is 0. The van der Waals surface area contributed by atoms with E-state index >= 15 is 0 Å². The van der Waals surface area contributed by atoms with Crippen LogP contribution in [0.5, 0.6) is 0 Å². The summed E-state index contributed by atoms with van der Waals surface area (Å²) in [4.78, 5) is 73.0. The van der Waals surface area contributed by atoms with E-state index in [1.165, 1.54) is 0 Å². The summed E-state index contributed by atoms with van der Waals surface area (Å²) in [7, 11) is -10.0. The lowest BCUT2D eigenvalue weighted by Gasteiger charge is -2.21. The number of phosphoric acid groups is 2. The number of hydrogen-bond acceptors (Lipinski definition) is 15. The van der Waals surface area contributed by atoms with Gasteiger partial charge in [0.1, 0.15) is 19.3 Å². The maximum atomic E-state index is 13.1. The third-order valence-electron chi connectivity index (χ3n) is 15.3. The van der Waals surface area contributed by atoms with Crippen molar-refractivity contribution >= 4 is 39.5 Å². The molecule has 0 heterocycles. The second-order valence-electron chi connectivity index (χ2n) is 25.1. The van der Waals surface area contributed by atoms with Crippen LogP contribution in [-0.2, 0) is 65.4 Å². The highest BCUT2D eigenvalue weighted by atomic mass is 31.2. The molecule has 596 valence electrons. The van der Waals surface area contributed by atoms with Crippen LogP contribution < -0.4 is 0 Å². The number of aliphatic hydroxyl groups is 1. The molecule has 0 aliphatic rings. The Hall–Kier alpha value is -6.36. The molecular weight excluding hydrogens is 1380 g/mol.